The van der Waals surface area contributed by atoms with Crippen LogP contribution in [0.4, 0.5) is 5.69 Å². The van der Waals surface area contributed by atoms with Crippen LogP contribution in [-0.2, 0) is 12.3 Å². The van der Waals surface area contributed by atoms with Crippen molar-refractivity contribution in [3.05, 3.63) is 18.2 Å². The number of benzene rings is 1. The van der Waals surface area contributed by atoms with Crippen molar-refractivity contribution >= 4 is 30.1 Å². The van der Waals surface area contributed by atoms with E-state index in [4.69, 9.17) is 0 Å². The first-order chi connectivity index (χ1) is 7.36. The summed E-state index contributed by atoms with van der Waals surface area (Å²) in [6.07, 6.45) is 0. The number of rotatable bonds is 3. The van der Waals surface area contributed by atoms with E-state index in [0.717, 1.165) is 7.11 Å². The molecule has 0 aromatic heterocycles. The molecule has 0 radical (unpaired) electrons. The number of phenolic OH excluding ortho intramolecular Hbond substituents is 1. The van der Waals surface area contributed by atoms with Crippen LogP contribution < -0.4 is 9.67 Å². The van der Waals surface area contributed by atoms with Crippen molar-refractivity contribution in [1.82, 2.24) is 0 Å². The molecule has 1 aromatic rings. The number of phenols is 1. The molecule has 0 heterocycles. The Morgan fingerprint density at radius 2 is 2.12 bits per heavy atom. The van der Waals surface area contributed by atoms with E-state index in [0.29, 0.717) is 0 Å². The molecule has 0 saturated carbocycles. The Morgan fingerprint density at radius 3 is 2.62 bits per heavy atom. The van der Waals surface area contributed by atoms with Gasteiger partial charge in [0.2, 0.25) is 0 Å². The van der Waals surface area contributed by atoms with E-state index in [1.165, 1.54) is 25.1 Å². The molecule has 0 aliphatic carbocycles. The number of anilines is 1. The van der Waals surface area contributed by atoms with Gasteiger partial charge in [-0.25, -0.2) is 0 Å². The van der Waals surface area contributed by atoms with Gasteiger partial charge < -0.3 is 0 Å². The molecule has 0 bridgehead atoms. The second-order valence-electron chi connectivity index (χ2n) is 3.09. The Morgan fingerprint density at radius 1 is 1.50 bits per heavy atom. The van der Waals surface area contributed by atoms with Crippen molar-refractivity contribution in [3.63, 3.8) is 0 Å². The average Bonchev–Trinajstić information content (AvgIpc) is 2.20. The third-order valence-corrected chi connectivity index (χ3v) is 4.86. The van der Waals surface area contributed by atoms with Crippen LogP contribution in [0.5, 0.6) is 5.75 Å². The number of hydrogen-bond donors (Lipinski definition) is 3. The van der Waals surface area contributed by atoms with E-state index in [1.807, 2.05) is 0 Å². The first-order valence-electron chi connectivity index (χ1n) is 4.36. The zero-order chi connectivity index (χ0) is 12.3. The Balaban J connectivity index is 3.17. The van der Waals surface area contributed by atoms with Crippen LogP contribution in [0.3, 0.4) is 0 Å². The summed E-state index contributed by atoms with van der Waals surface area (Å²) in [7, 11) is 1.13. The van der Waals surface area contributed by atoms with Crippen LogP contribution in [0, 0.1) is 0 Å². The zero-order valence-electron chi connectivity index (χ0n) is 8.80. The van der Waals surface area contributed by atoms with Gasteiger partial charge >= 0.3 is 94.9 Å². The van der Waals surface area contributed by atoms with Gasteiger partial charge in [0.25, 0.3) is 0 Å². The van der Waals surface area contributed by atoms with Crippen molar-refractivity contribution in [2.45, 2.75) is 6.92 Å². The number of hydrogen-bond acceptors (Lipinski definition) is 4. The normalized spacial score (nSPS) is 14.2. The van der Waals surface area contributed by atoms with E-state index in [-0.39, 0.29) is 21.7 Å². The van der Waals surface area contributed by atoms with Gasteiger partial charge in [0.15, 0.2) is 0 Å². The van der Waals surface area contributed by atoms with Crippen molar-refractivity contribution in [2.75, 3.05) is 12.4 Å². The van der Waals surface area contributed by atoms with E-state index < -0.39 is 14.2 Å². The minimum absolute atomic E-state index is 0.0576. The number of carbonyl (C=O) groups is 1. The van der Waals surface area contributed by atoms with Gasteiger partial charge in [-0.05, 0) is 0 Å². The van der Waals surface area contributed by atoms with Gasteiger partial charge in [-0.1, -0.05) is 0 Å². The quantitative estimate of drug-likeness (QED) is 0.518. The minimum atomic E-state index is -4.52. The molecule has 7 heteroatoms. The van der Waals surface area contributed by atoms with E-state index in [9.17, 15) is 17.7 Å². The fourth-order valence-corrected chi connectivity index (χ4v) is 2.70. The Labute approximate surface area is 95.2 Å². The van der Waals surface area contributed by atoms with Gasteiger partial charge in [0.05, 0.1) is 0 Å². The number of aromatic hydroxyl groups is 1. The standard InChI is InChI=1S/C9H12AsNO5/c1-6(12)11-8-5-7(3-4-9(8)13)10(14,15)16-2/h3-5,13H,1-2H3,(H,11,12)(H,14,15). The molecule has 16 heavy (non-hydrogen) atoms. The number of amides is 1. The van der Waals surface area contributed by atoms with Crippen molar-refractivity contribution in [3.8, 4) is 5.75 Å². The third kappa shape index (κ3) is 2.88. The zero-order valence-corrected chi connectivity index (χ0v) is 10.7. The van der Waals surface area contributed by atoms with Crippen molar-refractivity contribution in [1.29, 1.82) is 0 Å². The predicted octanol–water partition coefficient (Wildman–Crippen LogP) is -0.434. The first kappa shape index (κ1) is 12.8. The molecule has 1 unspecified atom stereocenters. The SMILES string of the molecule is CO[As](=O)(O)c1ccc(O)c(NC(C)=O)c1. The predicted molar refractivity (Wildman–Crippen MR) is 57.7 cm³/mol. The number of nitrogens with one attached hydrogen (secondary N) is 1. The second-order valence-corrected chi connectivity index (χ2v) is 7.12. The van der Waals surface area contributed by atoms with E-state index in [1.54, 1.807) is 0 Å². The van der Waals surface area contributed by atoms with Gasteiger partial charge in [0, 0.05) is 0 Å². The Hall–Kier alpha value is -1.23. The maximum atomic E-state index is 11.5. The van der Waals surface area contributed by atoms with Crippen molar-refractivity contribution in [2.24, 2.45) is 0 Å². The summed E-state index contributed by atoms with van der Waals surface area (Å²) in [4.78, 5) is 10.8. The summed E-state index contributed by atoms with van der Waals surface area (Å²) in [5.41, 5.74) is 0.0812. The summed E-state index contributed by atoms with van der Waals surface area (Å²) >= 11 is -4.52. The third-order valence-electron chi connectivity index (χ3n) is 1.86. The van der Waals surface area contributed by atoms with Crippen LogP contribution in [0.2, 0.25) is 0 Å². The summed E-state index contributed by atoms with van der Waals surface area (Å²) in [6, 6.07) is 3.73. The van der Waals surface area contributed by atoms with Crippen LogP contribution in [0.25, 0.3) is 0 Å². The van der Waals surface area contributed by atoms with Crippen LogP contribution in [0.15, 0.2) is 18.2 Å². The first-order valence-corrected chi connectivity index (χ1v) is 7.67. The van der Waals surface area contributed by atoms with Gasteiger partial charge in [-0.3, -0.25) is 0 Å². The van der Waals surface area contributed by atoms with Gasteiger partial charge in [-0.2, -0.15) is 0 Å². The monoisotopic (exact) mass is 289 g/mol. The summed E-state index contributed by atoms with van der Waals surface area (Å²) in [5, 5.41) is 11.7. The molecule has 1 rings (SSSR count). The fourth-order valence-electron chi connectivity index (χ4n) is 1.09. The molecule has 1 aromatic carbocycles. The van der Waals surface area contributed by atoms with E-state index in [2.05, 4.69) is 9.04 Å². The molecule has 0 spiro atoms. The van der Waals surface area contributed by atoms with E-state index >= 15 is 0 Å². The Kier molecular flexibility index (Phi) is 3.80. The fraction of sp³-hybridized carbons (Fsp3) is 0.222. The van der Waals surface area contributed by atoms with Crippen LogP contribution in [0.1, 0.15) is 6.92 Å². The van der Waals surface area contributed by atoms with Crippen LogP contribution in [-0.4, -0.2) is 36.4 Å². The molecular formula is C9H12AsNO5. The van der Waals surface area contributed by atoms with Gasteiger partial charge in [0.1, 0.15) is 0 Å². The van der Waals surface area contributed by atoms with Crippen LogP contribution >= 0.6 is 0 Å². The molecule has 1 amide bonds. The molecule has 1 atom stereocenters. The average molecular weight is 289 g/mol. The summed E-state index contributed by atoms with van der Waals surface area (Å²) < 4.78 is 25.5. The molecule has 0 fully saturated rings. The number of carbonyl (C=O) groups excluding carboxylic acids is 1. The molecule has 0 saturated heterocycles. The summed E-state index contributed by atoms with van der Waals surface area (Å²) in [6.45, 7) is 1.27. The molecular weight excluding hydrogens is 277 g/mol. The maximum absolute atomic E-state index is 11.5. The van der Waals surface area contributed by atoms with Gasteiger partial charge in [-0.15, -0.1) is 0 Å². The Bertz CT molecular complexity index is 459. The topological polar surface area (TPSA) is 95.9 Å². The molecule has 0 aliphatic rings. The summed E-state index contributed by atoms with van der Waals surface area (Å²) in [5.74, 6) is -0.560. The van der Waals surface area contributed by atoms with Crippen molar-refractivity contribution < 1.29 is 21.5 Å². The second kappa shape index (κ2) is 4.74. The molecule has 3 N–H and O–H groups in total. The molecule has 88 valence electrons. The molecule has 0 aliphatic heterocycles. The molecule has 6 nitrogen and oxygen atoms in total.